The zero-order chi connectivity index (χ0) is 20.6. The van der Waals surface area contributed by atoms with E-state index in [9.17, 15) is 4.79 Å². The molecule has 0 bridgehead atoms. The number of benzene rings is 2. The summed E-state index contributed by atoms with van der Waals surface area (Å²) in [7, 11) is 0. The van der Waals surface area contributed by atoms with Crippen LogP contribution in [0.4, 0.5) is 5.69 Å². The zero-order valence-corrected chi connectivity index (χ0v) is 17.5. The Bertz CT molecular complexity index is 1010. The van der Waals surface area contributed by atoms with Crippen LogP contribution in [0.3, 0.4) is 0 Å². The summed E-state index contributed by atoms with van der Waals surface area (Å²) in [5, 5.41) is 12.4. The summed E-state index contributed by atoms with van der Waals surface area (Å²) in [6.07, 6.45) is 1.75. The second kappa shape index (κ2) is 10.1. The Balaban J connectivity index is 1.62. The van der Waals surface area contributed by atoms with Gasteiger partial charge in [0.1, 0.15) is 12.4 Å². The number of aryl methyl sites for hydroxylation is 1. The molecule has 0 aliphatic heterocycles. The Morgan fingerprint density at radius 3 is 2.86 bits per heavy atom. The average molecular weight is 429 g/mol. The third kappa shape index (κ3) is 5.85. The number of aromatic nitrogens is 3. The smallest absolute Gasteiger partial charge is 0.234 e. The second-order valence-corrected chi connectivity index (χ2v) is 7.57. The van der Waals surface area contributed by atoms with Gasteiger partial charge < -0.3 is 10.1 Å². The molecule has 1 amide bonds. The number of halogens is 1. The molecule has 150 valence electrons. The van der Waals surface area contributed by atoms with E-state index in [1.165, 1.54) is 11.8 Å². The number of carbonyl (C=O) groups is 1. The number of hydrogen-bond donors (Lipinski definition) is 1. The van der Waals surface area contributed by atoms with E-state index in [0.29, 0.717) is 28.3 Å². The van der Waals surface area contributed by atoms with Crippen LogP contribution in [0.2, 0.25) is 5.02 Å². The van der Waals surface area contributed by atoms with Crippen LogP contribution >= 0.6 is 23.4 Å². The maximum Gasteiger partial charge on any atom is 0.234 e. The Hall–Kier alpha value is -2.77. The summed E-state index contributed by atoms with van der Waals surface area (Å²) in [6, 6.07) is 14.9. The molecule has 3 rings (SSSR count). The number of carbonyl (C=O) groups excluding carboxylic acids is 1. The lowest BCUT2D eigenvalue weighted by molar-refractivity contribution is -0.113. The molecule has 29 heavy (non-hydrogen) atoms. The zero-order valence-electron chi connectivity index (χ0n) is 16.0. The molecule has 0 saturated carbocycles. The van der Waals surface area contributed by atoms with Gasteiger partial charge in [-0.3, -0.25) is 9.36 Å². The van der Waals surface area contributed by atoms with E-state index >= 15 is 0 Å². The van der Waals surface area contributed by atoms with Crippen LogP contribution in [0.5, 0.6) is 5.75 Å². The molecule has 0 spiro atoms. The Morgan fingerprint density at radius 1 is 1.28 bits per heavy atom. The van der Waals surface area contributed by atoms with E-state index in [2.05, 4.69) is 22.1 Å². The first kappa shape index (κ1) is 21.0. The monoisotopic (exact) mass is 428 g/mol. The van der Waals surface area contributed by atoms with Gasteiger partial charge in [0.2, 0.25) is 5.91 Å². The van der Waals surface area contributed by atoms with Crippen LogP contribution in [-0.4, -0.2) is 26.4 Å². The molecule has 1 N–H and O–H groups in total. The van der Waals surface area contributed by atoms with Gasteiger partial charge in [-0.25, -0.2) is 0 Å². The number of thioether (sulfide) groups is 1. The van der Waals surface area contributed by atoms with Gasteiger partial charge in [0.25, 0.3) is 0 Å². The molecular weight excluding hydrogens is 408 g/mol. The minimum Gasteiger partial charge on any atom is -0.484 e. The molecule has 0 aliphatic carbocycles. The number of allylic oxidation sites excluding steroid dienone is 1. The summed E-state index contributed by atoms with van der Waals surface area (Å²) in [6.45, 7) is 6.48. The van der Waals surface area contributed by atoms with Gasteiger partial charge in [-0.1, -0.05) is 53.7 Å². The summed E-state index contributed by atoms with van der Waals surface area (Å²) >= 11 is 7.44. The predicted octanol–water partition coefficient (Wildman–Crippen LogP) is 4.74. The van der Waals surface area contributed by atoms with Gasteiger partial charge in [-0.15, -0.1) is 16.8 Å². The lowest BCUT2D eigenvalue weighted by Gasteiger charge is -2.10. The molecular formula is C21H21ClN4O2S. The van der Waals surface area contributed by atoms with Crippen molar-refractivity contribution in [1.82, 2.24) is 14.8 Å². The molecule has 1 aromatic heterocycles. The minimum atomic E-state index is -0.109. The maximum atomic E-state index is 12.3. The predicted molar refractivity (Wildman–Crippen MR) is 117 cm³/mol. The highest BCUT2D eigenvalue weighted by atomic mass is 35.5. The van der Waals surface area contributed by atoms with E-state index in [0.717, 1.165) is 11.3 Å². The highest BCUT2D eigenvalue weighted by Crippen LogP contribution is 2.25. The largest absolute Gasteiger partial charge is 0.484 e. The highest BCUT2D eigenvalue weighted by Gasteiger charge is 2.14. The van der Waals surface area contributed by atoms with E-state index in [1.807, 2.05) is 47.9 Å². The van der Waals surface area contributed by atoms with Crippen LogP contribution in [-0.2, 0) is 17.9 Å². The van der Waals surface area contributed by atoms with Crippen molar-refractivity contribution in [3.63, 3.8) is 0 Å². The number of anilines is 1. The van der Waals surface area contributed by atoms with Crippen LogP contribution < -0.4 is 10.1 Å². The number of ether oxygens (including phenoxy) is 1. The molecule has 0 aliphatic rings. The molecule has 8 heteroatoms. The van der Waals surface area contributed by atoms with Crippen LogP contribution in [0, 0.1) is 6.92 Å². The number of rotatable bonds is 9. The van der Waals surface area contributed by atoms with Crippen LogP contribution in [0.1, 0.15) is 11.4 Å². The van der Waals surface area contributed by atoms with Crippen molar-refractivity contribution >= 4 is 35.0 Å². The van der Waals surface area contributed by atoms with Crippen molar-refractivity contribution in [1.29, 1.82) is 0 Å². The SMILES string of the molecule is C=CCn1c(COc2ccccc2Cl)nnc1SCC(=O)Nc1cccc(C)c1. The Morgan fingerprint density at radius 2 is 2.10 bits per heavy atom. The number of amides is 1. The molecule has 2 aromatic carbocycles. The van der Waals surface area contributed by atoms with Crippen molar-refractivity contribution in [3.8, 4) is 5.75 Å². The second-order valence-electron chi connectivity index (χ2n) is 6.22. The number of nitrogens with zero attached hydrogens (tertiary/aromatic N) is 3. The molecule has 0 unspecified atom stereocenters. The van der Waals surface area contributed by atoms with Crippen molar-refractivity contribution in [2.45, 2.75) is 25.2 Å². The molecule has 0 saturated heterocycles. The van der Waals surface area contributed by atoms with E-state index in [1.54, 1.807) is 18.2 Å². The summed E-state index contributed by atoms with van der Waals surface area (Å²) < 4.78 is 7.63. The van der Waals surface area contributed by atoms with Gasteiger partial charge in [0.15, 0.2) is 11.0 Å². The fraction of sp³-hybridized carbons (Fsp3) is 0.190. The minimum absolute atomic E-state index is 0.109. The van der Waals surface area contributed by atoms with Crippen LogP contribution in [0.15, 0.2) is 66.3 Å². The third-order valence-electron chi connectivity index (χ3n) is 3.93. The van der Waals surface area contributed by atoms with Gasteiger partial charge in [-0.2, -0.15) is 0 Å². The maximum absolute atomic E-state index is 12.3. The van der Waals surface area contributed by atoms with Crippen molar-refractivity contribution < 1.29 is 9.53 Å². The van der Waals surface area contributed by atoms with Gasteiger partial charge in [0.05, 0.1) is 10.8 Å². The summed E-state index contributed by atoms with van der Waals surface area (Å²) in [4.78, 5) is 12.3. The fourth-order valence-corrected chi connectivity index (χ4v) is 3.56. The van der Waals surface area contributed by atoms with E-state index in [4.69, 9.17) is 16.3 Å². The molecule has 3 aromatic rings. The van der Waals surface area contributed by atoms with E-state index < -0.39 is 0 Å². The number of nitrogens with one attached hydrogen (secondary N) is 1. The first-order valence-corrected chi connectivity index (χ1v) is 10.3. The summed E-state index contributed by atoms with van der Waals surface area (Å²) in [5.74, 6) is 1.32. The Labute approximate surface area is 178 Å². The van der Waals surface area contributed by atoms with Gasteiger partial charge in [-0.05, 0) is 36.8 Å². The standard InChI is InChI=1S/C21H21ClN4O2S/c1-3-11-26-19(13-28-18-10-5-4-9-17(18)22)24-25-21(26)29-14-20(27)23-16-8-6-7-15(2)12-16/h3-10,12H,1,11,13-14H2,2H3,(H,23,27). The lowest BCUT2D eigenvalue weighted by atomic mass is 10.2. The third-order valence-corrected chi connectivity index (χ3v) is 5.21. The van der Waals surface area contributed by atoms with E-state index in [-0.39, 0.29) is 18.3 Å². The summed E-state index contributed by atoms with van der Waals surface area (Å²) in [5.41, 5.74) is 1.86. The molecule has 0 fully saturated rings. The molecule has 1 heterocycles. The Kier molecular flexibility index (Phi) is 7.32. The normalized spacial score (nSPS) is 10.6. The van der Waals surface area contributed by atoms with Crippen molar-refractivity contribution in [2.75, 3.05) is 11.1 Å². The first-order chi connectivity index (χ1) is 14.1. The van der Waals surface area contributed by atoms with Crippen molar-refractivity contribution in [3.05, 3.63) is 77.6 Å². The topological polar surface area (TPSA) is 69.0 Å². The number of hydrogen-bond acceptors (Lipinski definition) is 5. The molecule has 0 radical (unpaired) electrons. The number of para-hydroxylation sites is 1. The first-order valence-electron chi connectivity index (χ1n) is 8.96. The quantitative estimate of drug-likeness (QED) is 0.394. The van der Waals surface area contributed by atoms with Gasteiger partial charge >= 0.3 is 0 Å². The lowest BCUT2D eigenvalue weighted by Crippen LogP contribution is -2.15. The molecule has 0 atom stereocenters. The van der Waals surface area contributed by atoms with Gasteiger partial charge in [0, 0.05) is 12.2 Å². The van der Waals surface area contributed by atoms with Crippen LogP contribution in [0.25, 0.3) is 0 Å². The van der Waals surface area contributed by atoms with Crippen molar-refractivity contribution in [2.24, 2.45) is 0 Å². The molecule has 6 nitrogen and oxygen atoms in total. The fourth-order valence-electron chi connectivity index (χ4n) is 2.60. The highest BCUT2D eigenvalue weighted by molar-refractivity contribution is 7.99. The average Bonchev–Trinajstić information content (AvgIpc) is 3.08.